The normalized spacial score (nSPS) is 16.6. The van der Waals surface area contributed by atoms with Gasteiger partial charge in [-0.1, -0.05) is 12.5 Å². The Kier molecular flexibility index (Phi) is 4.88. The molecule has 1 aromatic carbocycles. The van der Waals surface area contributed by atoms with E-state index in [9.17, 15) is 0 Å². The first-order valence-corrected chi connectivity index (χ1v) is 6.96. The van der Waals surface area contributed by atoms with Gasteiger partial charge in [-0.05, 0) is 50.3 Å². The van der Waals surface area contributed by atoms with Gasteiger partial charge in [-0.3, -0.25) is 0 Å². The van der Waals surface area contributed by atoms with Crippen molar-refractivity contribution in [2.24, 2.45) is 5.73 Å². The second-order valence-electron chi connectivity index (χ2n) is 4.80. The summed E-state index contributed by atoms with van der Waals surface area (Å²) in [5, 5.41) is 0. The third-order valence-electron chi connectivity index (χ3n) is 3.39. The van der Waals surface area contributed by atoms with Gasteiger partial charge in [-0.2, -0.15) is 0 Å². The lowest BCUT2D eigenvalue weighted by molar-refractivity contribution is 0.147. The SMILES string of the molecule is CCOc1cc(CN)ccc1OC1CCCCC1. The van der Waals surface area contributed by atoms with E-state index in [1.165, 1.54) is 19.3 Å². The Morgan fingerprint density at radius 2 is 1.94 bits per heavy atom. The smallest absolute Gasteiger partial charge is 0.161 e. The zero-order valence-corrected chi connectivity index (χ0v) is 11.2. The molecule has 0 spiro atoms. The maximum Gasteiger partial charge on any atom is 0.161 e. The van der Waals surface area contributed by atoms with Crippen molar-refractivity contribution in [3.8, 4) is 11.5 Å². The average molecular weight is 249 g/mol. The van der Waals surface area contributed by atoms with Gasteiger partial charge in [0, 0.05) is 6.54 Å². The topological polar surface area (TPSA) is 44.5 Å². The number of nitrogens with two attached hydrogens (primary N) is 1. The van der Waals surface area contributed by atoms with Crippen LogP contribution in [0.3, 0.4) is 0 Å². The van der Waals surface area contributed by atoms with E-state index in [4.69, 9.17) is 15.2 Å². The molecule has 1 aliphatic rings. The molecule has 0 amide bonds. The number of ether oxygens (including phenoxy) is 2. The van der Waals surface area contributed by atoms with Gasteiger partial charge in [0.25, 0.3) is 0 Å². The van der Waals surface area contributed by atoms with Crippen LogP contribution in [-0.4, -0.2) is 12.7 Å². The van der Waals surface area contributed by atoms with E-state index in [1.807, 2.05) is 25.1 Å². The van der Waals surface area contributed by atoms with Crippen molar-refractivity contribution in [3.63, 3.8) is 0 Å². The molecule has 3 nitrogen and oxygen atoms in total. The zero-order chi connectivity index (χ0) is 12.8. The van der Waals surface area contributed by atoms with Gasteiger partial charge in [-0.15, -0.1) is 0 Å². The number of rotatable bonds is 5. The van der Waals surface area contributed by atoms with Gasteiger partial charge >= 0.3 is 0 Å². The quantitative estimate of drug-likeness (QED) is 0.871. The highest BCUT2D eigenvalue weighted by Gasteiger charge is 2.17. The van der Waals surface area contributed by atoms with Crippen LogP contribution in [0.4, 0.5) is 0 Å². The van der Waals surface area contributed by atoms with E-state index in [2.05, 4.69) is 0 Å². The first kappa shape index (κ1) is 13.2. The summed E-state index contributed by atoms with van der Waals surface area (Å²) in [5.41, 5.74) is 6.73. The van der Waals surface area contributed by atoms with Crippen LogP contribution >= 0.6 is 0 Å². The van der Waals surface area contributed by atoms with Gasteiger partial charge in [0.1, 0.15) is 0 Å². The average Bonchev–Trinajstić information content (AvgIpc) is 2.42. The molecule has 0 saturated heterocycles. The minimum atomic E-state index is 0.349. The van der Waals surface area contributed by atoms with E-state index in [0.717, 1.165) is 29.9 Å². The molecular weight excluding hydrogens is 226 g/mol. The summed E-state index contributed by atoms with van der Waals surface area (Å²) in [6.45, 7) is 3.17. The highest BCUT2D eigenvalue weighted by Crippen LogP contribution is 2.32. The van der Waals surface area contributed by atoms with Crippen molar-refractivity contribution in [1.82, 2.24) is 0 Å². The molecule has 3 heteroatoms. The molecule has 100 valence electrons. The zero-order valence-electron chi connectivity index (χ0n) is 11.2. The second-order valence-corrected chi connectivity index (χ2v) is 4.80. The van der Waals surface area contributed by atoms with Crippen molar-refractivity contribution in [1.29, 1.82) is 0 Å². The third-order valence-corrected chi connectivity index (χ3v) is 3.39. The fourth-order valence-corrected chi connectivity index (χ4v) is 2.41. The van der Waals surface area contributed by atoms with Crippen LogP contribution in [0.1, 0.15) is 44.6 Å². The molecule has 0 atom stereocenters. The molecule has 0 aliphatic heterocycles. The lowest BCUT2D eigenvalue weighted by Crippen LogP contribution is -2.20. The highest BCUT2D eigenvalue weighted by molar-refractivity contribution is 5.43. The van der Waals surface area contributed by atoms with Crippen molar-refractivity contribution in [2.75, 3.05) is 6.61 Å². The summed E-state index contributed by atoms with van der Waals surface area (Å²) in [6, 6.07) is 5.99. The van der Waals surface area contributed by atoms with Crippen LogP contribution < -0.4 is 15.2 Å². The van der Waals surface area contributed by atoms with Crippen LogP contribution in [0.2, 0.25) is 0 Å². The molecule has 1 saturated carbocycles. The Hall–Kier alpha value is -1.22. The third kappa shape index (κ3) is 3.39. The first-order valence-electron chi connectivity index (χ1n) is 6.96. The van der Waals surface area contributed by atoms with Gasteiger partial charge in [-0.25, -0.2) is 0 Å². The van der Waals surface area contributed by atoms with E-state index in [0.29, 0.717) is 19.3 Å². The van der Waals surface area contributed by atoms with Crippen LogP contribution in [0.25, 0.3) is 0 Å². The number of hydrogen-bond donors (Lipinski definition) is 1. The first-order chi connectivity index (χ1) is 8.83. The lowest BCUT2D eigenvalue weighted by Gasteiger charge is -2.24. The predicted molar refractivity (Wildman–Crippen MR) is 73.0 cm³/mol. The van der Waals surface area contributed by atoms with E-state index in [-0.39, 0.29) is 0 Å². The number of hydrogen-bond acceptors (Lipinski definition) is 3. The van der Waals surface area contributed by atoms with E-state index in [1.54, 1.807) is 0 Å². The molecular formula is C15H23NO2. The van der Waals surface area contributed by atoms with Crippen molar-refractivity contribution >= 4 is 0 Å². The Bertz CT molecular complexity index is 373. The van der Waals surface area contributed by atoms with E-state index >= 15 is 0 Å². The molecule has 0 heterocycles. The van der Waals surface area contributed by atoms with Crippen LogP contribution in [0, 0.1) is 0 Å². The summed E-state index contributed by atoms with van der Waals surface area (Å²) in [7, 11) is 0. The second kappa shape index (κ2) is 6.64. The molecule has 2 rings (SSSR count). The maximum atomic E-state index is 6.07. The molecule has 1 aromatic rings. The molecule has 0 unspecified atom stereocenters. The van der Waals surface area contributed by atoms with Crippen molar-refractivity contribution in [3.05, 3.63) is 23.8 Å². The molecule has 2 N–H and O–H groups in total. The van der Waals surface area contributed by atoms with Crippen molar-refractivity contribution in [2.45, 2.75) is 51.7 Å². The molecule has 1 aliphatic carbocycles. The van der Waals surface area contributed by atoms with Crippen LogP contribution in [0.15, 0.2) is 18.2 Å². The largest absolute Gasteiger partial charge is 0.490 e. The Balaban J connectivity index is 2.09. The minimum Gasteiger partial charge on any atom is -0.490 e. The predicted octanol–water partition coefficient (Wildman–Crippen LogP) is 3.26. The Morgan fingerprint density at radius 3 is 2.61 bits per heavy atom. The maximum absolute atomic E-state index is 6.07. The summed E-state index contributed by atoms with van der Waals surface area (Å²) in [5.74, 6) is 1.69. The molecule has 0 radical (unpaired) electrons. The van der Waals surface area contributed by atoms with Crippen molar-refractivity contribution < 1.29 is 9.47 Å². The summed E-state index contributed by atoms with van der Waals surface area (Å²) < 4.78 is 11.7. The molecule has 18 heavy (non-hydrogen) atoms. The van der Waals surface area contributed by atoms with Gasteiger partial charge in [0.05, 0.1) is 12.7 Å². The molecule has 0 bridgehead atoms. The van der Waals surface area contributed by atoms with Gasteiger partial charge in [0.15, 0.2) is 11.5 Å². The Morgan fingerprint density at radius 1 is 1.17 bits per heavy atom. The fourth-order valence-electron chi connectivity index (χ4n) is 2.41. The monoisotopic (exact) mass is 249 g/mol. The summed E-state index contributed by atoms with van der Waals surface area (Å²) in [4.78, 5) is 0. The highest BCUT2D eigenvalue weighted by atomic mass is 16.5. The molecule has 1 fully saturated rings. The van der Waals surface area contributed by atoms with Crippen LogP contribution in [0.5, 0.6) is 11.5 Å². The van der Waals surface area contributed by atoms with E-state index < -0.39 is 0 Å². The van der Waals surface area contributed by atoms with Gasteiger partial charge < -0.3 is 15.2 Å². The van der Waals surface area contributed by atoms with Crippen LogP contribution in [-0.2, 0) is 6.54 Å². The summed E-state index contributed by atoms with van der Waals surface area (Å²) >= 11 is 0. The Labute approximate surface area is 109 Å². The number of benzene rings is 1. The fraction of sp³-hybridized carbons (Fsp3) is 0.600. The summed E-state index contributed by atoms with van der Waals surface area (Å²) in [6.07, 6.45) is 6.55. The lowest BCUT2D eigenvalue weighted by atomic mass is 9.98. The molecule has 0 aromatic heterocycles. The standard InChI is InChI=1S/C15H23NO2/c1-2-17-15-10-12(11-16)8-9-14(15)18-13-6-4-3-5-7-13/h8-10,13H,2-7,11,16H2,1H3. The van der Waals surface area contributed by atoms with Gasteiger partial charge in [0.2, 0.25) is 0 Å². The minimum absolute atomic E-state index is 0.349.